The maximum atomic E-state index is 12.9. The van der Waals surface area contributed by atoms with Crippen LogP contribution >= 0.6 is 11.9 Å². The molecular formula is C22H25F6NS. The first-order chi connectivity index (χ1) is 13.9. The maximum absolute atomic E-state index is 12.9. The molecule has 0 aromatic heterocycles. The van der Waals surface area contributed by atoms with Gasteiger partial charge >= 0.3 is 12.4 Å². The van der Waals surface area contributed by atoms with E-state index < -0.39 is 23.5 Å². The van der Waals surface area contributed by atoms with E-state index in [9.17, 15) is 26.3 Å². The number of rotatable bonds is 8. The Labute approximate surface area is 177 Å². The Bertz CT molecular complexity index is 780. The van der Waals surface area contributed by atoms with E-state index in [2.05, 4.69) is 25.5 Å². The maximum Gasteiger partial charge on any atom is 0.416 e. The molecule has 0 heterocycles. The standard InChI is InChI=1S/C22H25F6NS/c1-4-16(9-14(2)3)17-7-5-15(6-8-17)13-29-30-20-11-18(21(23,24)25)10-19(12-20)22(26,27)28/h5-8,10-12,14,16,29H,4,9,13H2,1-3H3. The Morgan fingerprint density at radius 3 is 1.83 bits per heavy atom. The first-order valence-corrected chi connectivity index (χ1v) is 10.5. The SMILES string of the molecule is CCC(CC(C)C)c1ccc(CNSc2cc(C(F)(F)F)cc(C(F)(F)F)c2)cc1. The van der Waals surface area contributed by atoms with Crippen molar-refractivity contribution in [1.29, 1.82) is 0 Å². The highest BCUT2D eigenvalue weighted by Crippen LogP contribution is 2.38. The lowest BCUT2D eigenvalue weighted by atomic mass is 9.88. The molecule has 0 amide bonds. The van der Waals surface area contributed by atoms with Crippen molar-refractivity contribution in [3.63, 3.8) is 0 Å². The summed E-state index contributed by atoms with van der Waals surface area (Å²) in [5.41, 5.74) is -0.507. The lowest BCUT2D eigenvalue weighted by Crippen LogP contribution is -2.12. The van der Waals surface area contributed by atoms with Crippen LogP contribution in [-0.2, 0) is 18.9 Å². The van der Waals surface area contributed by atoms with Crippen molar-refractivity contribution in [2.45, 2.75) is 63.3 Å². The molecule has 0 spiro atoms. The molecule has 0 radical (unpaired) electrons. The van der Waals surface area contributed by atoms with Crippen molar-refractivity contribution in [3.05, 3.63) is 64.7 Å². The molecule has 30 heavy (non-hydrogen) atoms. The summed E-state index contributed by atoms with van der Waals surface area (Å²) >= 11 is 0.749. The van der Waals surface area contributed by atoms with E-state index in [1.807, 2.05) is 24.3 Å². The molecule has 0 aliphatic rings. The van der Waals surface area contributed by atoms with Gasteiger partial charge in [0.1, 0.15) is 0 Å². The lowest BCUT2D eigenvalue weighted by Gasteiger charge is -2.18. The number of nitrogens with one attached hydrogen (secondary N) is 1. The number of benzene rings is 2. The van der Waals surface area contributed by atoms with Gasteiger partial charge in [0.2, 0.25) is 0 Å². The molecule has 2 aromatic rings. The zero-order valence-corrected chi connectivity index (χ0v) is 17.8. The van der Waals surface area contributed by atoms with E-state index in [-0.39, 0.29) is 11.0 Å². The molecule has 0 aliphatic heterocycles. The molecule has 166 valence electrons. The Morgan fingerprint density at radius 2 is 1.40 bits per heavy atom. The van der Waals surface area contributed by atoms with Crippen LogP contribution in [-0.4, -0.2) is 0 Å². The highest BCUT2D eigenvalue weighted by Gasteiger charge is 2.36. The van der Waals surface area contributed by atoms with Gasteiger partial charge < -0.3 is 0 Å². The molecule has 0 saturated heterocycles. The summed E-state index contributed by atoms with van der Waals surface area (Å²) in [6, 6.07) is 9.48. The first-order valence-electron chi connectivity index (χ1n) is 9.68. The summed E-state index contributed by atoms with van der Waals surface area (Å²) in [5, 5.41) is 0. The molecule has 1 unspecified atom stereocenters. The summed E-state index contributed by atoms with van der Waals surface area (Å²) < 4.78 is 80.5. The monoisotopic (exact) mass is 449 g/mol. The minimum Gasteiger partial charge on any atom is -0.255 e. The third-order valence-corrected chi connectivity index (χ3v) is 5.49. The van der Waals surface area contributed by atoms with Crippen LogP contribution < -0.4 is 4.72 Å². The number of hydrogen-bond acceptors (Lipinski definition) is 2. The second kappa shape index (κ2) is 10.1. The van der Waals surface area contributed by atoms with Gasteiger partial charge in [0, 0.05) is 11.4 Å². The van der Waals surface area contributed by atoms with Crippen LogP contribution in [0.3, 0.4) is 0 Å². The first kappa shape index (κ1) is 24.6. The van der Waals surface area contributed by atoms with E-state index in [1.54, 1.807) is 0 Å². The van der Waals surface area contributed by atoms with Crippen molar-refractivity contribution in [3.8, 4) is 0 Å². The normalized spacial score (nSPS) is 13.7. The molecule has 2 rings (SSSR count). The predicted octanol–water partition coefficient (Wildman–Crippen LogP) is 8.06. The van der Waals surface area contributed by atoms with E-state index in [0.717, 1.165) is 30.4 Å². The summed E-state index contributed by atoms with van der Waals surface area (Å²) in [4.78, 5) is -0.142. The Kier molecular flexibility index (Phi) is 8.27. The van der Waals surface area contributed by atoms with Gasteiger partial charge in [-0.15, -0.1) is 0 Å². The van der Waals surface area contributed by atoms with Gasteiger partial charge in [-0.05, 0) is 66.0 Å². The average molecular weight is 450 g/mol. The second-order valence-electron chi connectivity index (χ2n) is 7.64. The van der Waals surface area contributed by atoms with Gasteiger partial charge in [-0.25, -0.2) is 0 Å². The van der Waals surface area contributed by atoms with Gasteiger partial charge in [0.05, 0.1) is 11.1 Å². The quantitative estimate of drug-likeness (QED) is 0.323. The topological polar surface area (TPSA) is 12.0 Å². The number of alkyl halides is 6. The molecule has 1 N–H and O–H groups in total. The number of hydrogen-bond donors (Lipinski definition) is 1. The third-order valence-electron chi connectivity index (χ3n) is 4.73. The van der Waals surface area contributed by atoms with Gasteiger partial charge in [-0.2, -0.15) is 26.3 Å². The fourth-order valence-corrected chi connectivity index (χ4v) is 3.98. The molecule has 0 saturated carbocycles. The Balaban J connectivity index is 2.06. The average Bonchev–Trinajstić information content (AvgIpc) is 2.65. The lowest BCUT2D eigenvalue weighted by molar-refractivity contribution is -0.143. The molecular weight excluding hydrogens is 424 g/mol. The molecule has 1 atom stereocenters. The zero-order chi connectivity index (χ0) is 22.5. The minimum atomic E-state index is -4.85. The van der Waals surface area contributed by atoms with E-state index in [4.69, 9.17) is 0 Å². The van der Waals surface area contributed by atoms with E-state index in [1.165, 1.54) is 5.56 Å². The minimum absolute atomic E-state index is 0.129. The highest BCUT2D eigenvalue weighted by atomic mass is 32.2. The largest absolute Gasteiger partial charge is 0.416 e. The molecule has 0 fully saturated rings. The third kappa shape index (κ3) is 7.23. The van der Waals surface area contributed by atoms with Crippen molar-refractivity contribution in [2.75, 3.05) is 0 Å². The van der Waals surface area contributed by atoms with E-state index >= 15 is 0 Å². The van der Waals surface area contributed by atoms with Crippen LogP contribution in [0.4, 0.5) is 26.3 Å². The van der Waals surface area contributed by atoms with Crippen molar-refractivity contribution < 1.29 is 26.3 Å². The van der Waals surface area contributed by atoms with Crippen LogP contribution in [0.15, 0.2) is 47.4 Å². The predicted molar refractivity (Wildman–Crippen MR) is 108 cm³/mol. The van der Waals surface area contributed by atoms with Crippen LogP contribution in [0.1, 0.15) is 61.8 Å². The van der Waals surface area contributed by atoms with Crippen molar-refractivity contribution >= 4 is 11.9 Å². The van der Waals surface area contributed by atoms with Gasteiger partial charge in [0.15, 0.2) is 0 Å². The van der Waals surface area contributed by atoms with Crippen LogP contribution in [0.5, 0.6) is 0 Å². The zero-order valence-electron chi connectivity index (χ0n) is 17.0. The van der Waals surface area contributed by atoms with Gasteiger partial charge in [0.25, 0.3) is 0 Å². The fraction of sp³-hybridized carbons (Fsp3) is 0.455. The summed E-state index contributed by atoms with van der Waals surface area (Å²) in [6.07, 6.45) is -7.58. The molecule has 2 aromatic carbocycles. The van der Waals surface area contributed by atoms with E-state index in [0.29, 0.717) is 30.5 Å². The van der Waals surface area contributed by atoms with Gasteiger partial charge in [-0.1, -0.05) is 45.0 Å². The Hall–Kier alpha value is -1.67. The smallest absolute Gasteiger partial charge is 0.255 e. The van der Waals surface area contributed by atoms with Crippen molar-refractivity contribution in [1.82, 2.24) is 4.72 Å². The Morgan fingerprint density at radius 1 is 0.867 bits per heavy atom. The molecule has 0 aliphatic carbocycles. The fourth-order valence-electron chi connectivity index (χ4n) is 3.20. The summed E-state index contributed by atoms with van der Waals surface area (Å²) in [7, 11) is 0. The second-order valence-corrected chi connectivity index (χ2v) is 8.61. The van der Waals surface area contributed by atoms with Gasteiger partial charge in [-0.3, -0.25) is 4.72 Å². The molecule has 0 bridgehead atoms. The number of halogens is 6. The van der Waals surface area contributed by atoms with Crippen molar-refractivity contribution in [2.24, 2.45) is 5.92 Å². The van der Waals surface area contributed by atoms with Crippen LogP contribution in [0.2, 0.25) is 0 Å². The summed E-state index contributed by atoms with van der Waals surface area (Å²) in [6.45, 7) is 6.80. The molecule has 8 heteroatoms. The highest BCUT2D eigenvalue weighted by molar-refractivity contribution is 7.97. The summed E-state index contributed by atoms with van der Waals surface area (Å²) in [5.74, 6) is 1.05. The van der Waals surface area contributed by atoms with Crippen LogP contribution in [0, 0.1) is 5.92 Å². The molecule has 1 nitrogen and oxygen atoms in total. The van der Waals surface area contributed by atoms with Crippen LogP contribution in [0.25, 0.3) is 0 Å².